The number of para-hydroxylation sites is 1. The van der Waals surface area contributed by atoms with Gasteiger partial charge in [0.15, 0.2) is 5.82 Å². The zero-order valence-corrected chi connectivity index (χ0v) is 14.2. The molecule has 1 aliphatic rings. The van der Waals surface area contributed by atoms with E-state index in [9.17, 15) is 4.79 Å². The fraction of sp³-hybridized carbons (Fsp3) is 0.389. The molecule has 7 heteroatoms. The molecule has 0 saturated carbocycles. The van der Waals surface area contributed by atoms with Crippen molar-refractivity contribution in [3.05, 3.63) is 42.0 Å². The molecule has 7 nitrogen and oxygen atoms in total. The molecule has 1 aromatic carbocycles. The summed E-state index contributed by atoms with van der Waals surface area (Å²) in [6, 6.07) is 11.4. The Hall–Kier alpha value is -2.67. The molecule has 1 amide bonds. The number of amides is 1. The highest BCUT2D eigenvalue weighted by Crippen LogP contribution is 2.18. The van der Waals surface area contributed by atoms with Crippen molar-refractivity contribution in [2.45, 2.75) is 25.4 Å². The van der Waals surface area contributed by atoms with Crippen LogP contribution < -0.4 is 15.4 Å². The first-order valence-corrected chi connectivity index (χ1v) is 8.38. The van der Waals surface area contributed by atoms with Crippen LogP contribution in [0.3, 0.4) is 0 Å². The molecule has 0 aliphatic carbocycles. The van der Waals surface area contributed by atoms with Crippen LogP contribution in [-0.4, -0.2) is 42.5 Å². The minimum absolute atomic E-state index is 0.163. The number of benzene rings is 1. The lowest BCUT2D eigenvalue weighted by molar-refractivity contribution is -0.124. The van der Waals surface area contributed by atoms with E-state index in [1.165, 1.54) is 0 Å². The molecule has 1 atom stereocenters. The third kappa shape index (κ3) is 4.67. The van der Waals surface area contributed by atoms with Gasteiger partial charge in [-0.05, 0) is 43.0 Å². The zero-order valence-electron chi connectivity index (χ0n) is 14.2. The number of rotatable bonds is 7. The van der Waals surface area contributed by atoms with Gasteiger partial charge in [-0.2, -0.15) is 0 Å². The molecule has 0 bridgehead atoms. The summed E-state index contributed by atoms with van der Waals surface area (Å²) in [7, 11) is 1.67. The van der Waals surface area contributed by atoms with Gasteiger partial charge in [0.05, 0.1) is 7.11 Å². The summed E-state index contributed by atoms with van der Waals surface area (Å²) in [5.74, 6) is 1.80. The van der Waals surface area contributed by atoms with Crippen LogP contribution in [0.5, 0.6) is 5.75 Å². The minimum atomic E-state index is -0.375. The molecule has 3 rings (SSSR count). The Labute approximate surface area is 146 Å². The van der Waals surface area contributed by atoms with Crippen LogP contribution >= 0.6 is 0 Å². The number of aromatic nitrogens is 2. The van der Waals surface area contributed by atoms with Gasteiger partial charge in [-0.15, -0.1) is 10.2 Å². The molecule has 132 valence electrons. The topological polar surface area (TPSA) is 85.4 Å². The van der Waals surface area contributed by atoms with Gasteiger partial charge in [0.2, 0.25) is 0 Å². The van der Waals surface area contributed by atoms with Gasteiger partial charge in [0.25, 0.3) is 5.91 Å². The summed E-state index contributed by atoms with van der Waals surface area (Å²) in [6.07, 6.45) is 2.10. The third-order valence-electron chi connectivity index (χ3n) is 4.03. The SMILES string of the molecule is COc1ccccc1CCNc1ccc(NC(=O)C2CCCO2)nn1. The van der Waals surface area contributed by atoms with E-state index in [4.69, 9.17) is 9.47 Å². The highest BCUT2D eigenvalue weighted by Gasteiger charge is 2.23. The summed E-state index contributed by atoms with van der Waals surface area (Å²) in [5.41, 5.74) is 1.13. The standard InChI is InChI=1S/C18H22N4O3/c1-24-14-6-3-2-5-13(14)10-11-19-16-8-9-17(22-21-16)20-18(23)15-7-4-12-25-15/h2-3,5-6,8-9,15H,4,7,10-12H2,1H3,(H,19,21)(H,20,22,23). The molecule has 1 aliphatic heterocycles. The van der Waals surface area contributed by atoms with Crippen molar-refractivity contribution in [2.24, 2.45) is 0 Å². The molecule has 1 aromatic heterocycles. The number of methoxy groups -OCH3 is 1. The highest BCUT2D eigenvalue weighted by molar-refractivity contribution is 5.93. The van der Waals surface area contributed by atoms with Crippen molar-refractivity contribution in [1.82, 2.24) is 10.2 Å². The second kappa shape index (κ2) is 8.43. The fourth-order valence-corrected chi connectivity index (χ4v) is 2.72. The Morgan fingerprint density at radius 2 is 2.04 bits per heavy atom. The van der Waals surface area contributed by atoms with Crippen LogP contribution in [0.25, 0.3) is 0 Å². The van der Waals surface area contributed by atoms with Crippen molar-refractivity contribution in [3.63, 3.8) is 0 Å². The zero-order chi connectivity index (χ0) is 17.5. The van der Waals surface area contributed by atoms with Gasteiger partial charge in [-0.3, -0.25) is 4.79 Å². The number of nitrogens with zero attached hydrogens (tertiary/aromatic N) is 2. The Morgan fingerprint density at radius 1 is 1.24 bits per heavy atom. The van der Waals surface area contributed by atoms with Crippen LogP contribution in [-0.2, 0) is 16.0 Å². The summed E-state index contributed by atoms with van der Waals surface area (Å²) >= 11 is 0. The second-order valence-corrected chi connectivity index (χ2v) is 5.78. The van der Waals surface area contributed by atoms with E-state index in [2.05, 4.69) is 20.8 Å². The van der Waals surface area contributed by atoms with E-state index in [0.717, 1.165) is 30.6 Å². The van der Waals surface area contributed by atoms with Gasteiger partial charge in [0, 0.05) is 13.2 Å². The largest absolute Gasteiger partial charge is 0.496 e. The Bertz CT molecular complexity index is 700. The monoisotopic (exact) mass is 342 g/mol. The van der Waals surface area contributed by atoms with E-state index in [1.807, 2.05) is 24.3 Å². The molecule has 25 heavy (non-hydrogen) atoms. The lowest BCUT2D eigenvalue weighted by Gasteiger charge is -2.10. The summed E-state index contributed by atoms with van der Waals surface area (Å²) in [6.45, 7) is 1.34. The van der Waals surface area contributed by atoms with Gasteiger partial charge >= 0.3 is 0 Å². The van der Waals surface area contributed by atoms with Crippen molar-refractivity contribution in [1.29, 1.82) is 0 Å². The van der Waals surface area contributed by atoms with E-state index in [1.54, 1.807) is 19.2 Å². The van der Waals surface area contributed by atoms with Crippen molar-refractivity contribution >= 4 is 17.5 Å². The molecular weight excluding hydrogens is 320 g/mol. The molecule has 1 fully saturated rings. The molecular formula is C18H22N4O3. The fourth-order valence-electron chi connectivity index (χ4n) is 2.72. The summed E-state index contributed by atoms with van der Waals surface area (Å²) in [5, 5.41) is 14.0. The molecule has 2 aromatic rings. The molecule has 2 N–H and O–H groups in total. The molecule has 1 saturated heterocycles. The van der Waals surface area contributed by atoms with E-state index in [0.29, 0.717) is 24.8 Å². The molecule has 0 spiro atoms. The van der Waals surface area contributed by atoms with Gasteiger partial charge in [-0.25, -0.2) is 0 Å². The lowest BCUT2D eigenvalue weighted by atomic mass is 10.1. The number of ether oxygens (including phenoxy) is 2. The molecule has 0 radical (unpaired) electrons. The van der Waals surface area contributed by atoms with Crippen LogP contribution in [0.15, 0.2) is 36.4 Å². The van der Waals surface area contributed by atoms with E-state index in [-0.39, 0.29) is 12.0 Å². The lowest BCUT2D eigenvalue weighted by Crippen LogP contribution is -2.27. The number of carbonyl (C=O) groups is 1. The summed E-state index contributed by atoms with van der Waals surface area (Å²) in [4.78, 5) is 12.0. The predicted molar refractivity (Wildman–Crippen MR) is 94.8 cm³/mol. The maximum atomic E-state index is 12.0. The maximum absolute atomic E-state index is 12.0. The quantitative estimate of drug-likeness (QED) is 0.803. The van der Waals surface area contributed by atoms with E-state index < -0.39 is 0 Å². The van der Waals surface area contributed by atoms with Gasteiger partial charge in [0.1, 0.15) is 17.7 Å². The van der Waals surface area contributed by atoms with Gasteiger partial charge in [-0.1, -0.05) is 18.2 Å². The molecule has 1 unspecified atom stereocenters. The first-order valence-electron chi connectivity index (χ1n) is 8.38. The van der Waals surface area contributed by atoms with Crippen molar-refractivity contribution in [3.8, 4) is 5.75 Å². The first kappa shape index (κ1) is 17.2. The van der Waals surface area contributed by atoms with E-state index >= 15 is 0 Å². The Kier molecular flexibility index (Phi) is 5.79. The normalized spacial score (nSPS) is 16.4. The van der Waals surface area contributed by atoms with Crippen LogP contribution in [0.4, 0.5) is 11.6 Å². The Balaban J connectivity index is 1.48. The maximum Gasteiger partial charge on any atom is 0.254 e. The summed E-state index contributed by atoms with van der Waals surface area (Å²) < 4.78 is 10.7. The minimum Gasteiger partial charge on any atom is -0.496 e. The van der Waals surface area contributed by atoms with Crippen LogP contribution in [0.1, 0.15) is 18.4 Å². The number of hydrogen-bond donors (Lipinski definition) is 2. The van der Waals surface area contributed by atoms with Crippen LogP contribution in [0, 0.1) is 0 Å². The second-order valence-electron chi connectivity index (χ2n) is 5.78. The number of hydrogen-bond acceptors (Lipinski definition) is 6. The average Bonchev–Trinajstić information content (AvgIpc) is 3.18. The molecule has 2 heterocycles. The highest BCUT2D eigenvalue weighted by atomic mass is 16.5. The number of anilines is 2. The average molecular weight is 342 g/mol. The smallest absolute Gasteiger partial charge is 0.254 e. The van der Waals surface area contributed by atoms with Crippen molar-refractivity contribution < 1.29 is 14.3 Å². The van der Waals surface area contributed by atoms with Crippen molar-refractivity contribution in [2.75, 3.05) is 30.9 Å². The Morgan fingerprint density at radius 3 is 2.76 bits per heavy atom. The first-order chi connectivity index (χ1) is 12.3. The van der Waals surface area contributed by atoms with Gasteiger partial charge < -0.3 is 20.1 Å². The number of nitrogens with one attached hydrogen (secondary N) is 2. The number of carbonyl (C=O) groups excluding carboxylic acids is 1. The third-order valence-corrected chi connectivity index (χ3v) is 4.03. The predicted octanol–water partition coefficient (Wildman–Crippen LogP) is 2.26. The van der Waals surface area contributed by atoms with Crippen LogP contribution in [0.2, 0.25) is 0 Å².